The Hall–Kier alpha value is -3.17. The molecule has 0 aliphatic carbocycles. The van der Waals surface area contributed by atoms with E-state index in [-0.39, 0.29) is 24.4 Å². The Morgan fingerprint density at radius 1 is 1.17 bits per heavy atom. The molecule has 35 heavy (non-hydrogen) atoms. The summed E-state index contributed by atoms with van der Waals surface area (Å²) in [7, 11) is 3.60. The molecule has 4 rings (SSSR count). The van der Waals surface area contributed by atoms with Gasteiger partial charge in [-0.15, -0.1) is 0 Å². The molecule has 2 amide bonds. The van der Waals surface area contributed by atoms with Gasteiger partial charge in [0, 0.05) is 57.8 Å². The minimum Gasteiger partial charge on any atom is -0.496 e. The molecule has 0 bridgehead atoms. The lowest BCUT2D eigenvalue weighted by Crippen LogP contribution is -2.46. The zero-order chi connectivity index (χ0) is 24.8. The maximum atomic E-state index is 13.7. The molecule has 0 N–H and O–H groups in total. The number of ether oxygens (including phenoxy) is 2. The molecule has 3 heterocycles. The predicted molar refractivity (Wildman–Crippen MR) is 133 cm³/mol. The molecule has 2 aliphatic rings. The van der Waals surface area contributed by atoms with E-state index in [0.29, 0.717) is 38.3 Å². The van der Waals surface area contributed by atoms with Crippen molar-refractivity contribution in [2.24, 2.45) is 12.1 Å². The van der Waals surface area contributed by atoms with Gasteiger partial charge in [0.1, 0.15) is 12.3 Å². The number of nitrogens with zero attached hydrogens (tertiary/aromatic N) is 5. The van der Waals surface area contributed by atoms with Crippen LogP contribution in [-0.4, -0.2) is 89.9 Å². The van der Waals surface area contributed by atoms with Crippen molar-refractivity contribution in [1.82, 2.24) is 19.4 Å². The van der Waals surface area contributed by atoms with E-state index >= 15 is 0 Å². The zero-order valence-corrected chi connectivity index (χ0v) is 20.9. The van der Waals surface area contributed by atoms with Gasteiger partial charge in [0.05, 0.1) is 37.8 Å². The number of methoxy groups -OCH3 is 1. The molecule has 1 unspecified atom stereocenters. The summed E-state index contributed by atoms with van der Waals surface area (Å²) in [6, 6.07) is 11.4. The zero-order valence-electron chi connectivity index (χ0n) is 20.9. The summed E-state index contributed by atoms with van der Waals surface area (Å²) < 4.78 is 13.0. The first-order valence-corrected chi connectivity index (χ1v) is 12.2. The second-order valence-corrected chi connectivity index (χ2v) is 8.87. The highest BCUT2D eigenvalue weighted by Gasteiger charge is 2.36. The Morgan fingerprint density at radius 2 is 1.94 bits per heavy atom. The monoisotopic (exact) mass is 481 g/mol. The smallest absolute Gasteiger partial charge is 0.262 e. The van der Waals surface area contributed by atoms with Crippen LogP contribution >= 0.6 is 0 Å². The molecule has 188 valence electrons. The third-order valence-electron chi connectivity index (χ3n) is 6.67. The lowest BCUT2D eigenvalue weighted by atomic mass is 9.99. The standard InChI is InChI=1S/C26H35N5O4/c1-4-25(32)30(13-12-29-14-16-35-17-15-29)19-26(33)31-23(20-8-5-6-10-24(20)34-3)18-21(27-31)22-9-7-11-28(22)2/h5-11,23H,4,12-19H2,1-3H3. The minimum atomic E-state index is -0.304. The number of hydrazone groups is 1. The van der Waals surface area contributed by atoms with Crippen molar-refractivity contribution in [3.8, 4) is 5.75 Å². The first-order chi connectivity index (χ1) is 17.0. The minimum absolute atomic E-state index is 0.00736. The van der Waals surface area contributed by atoms with E-state index in [2.05, 4.69) is 4.90 Å². The highest BCUT2D eigenvalue weighted by atomic mass is 16.5. The first kappa shape index (κ1) is 24.9. The summed E-state index contributed by atoms with van der Waals surface area (Å²) in [6.07, 6.45) is 2.89. The van der Waals surface area contributed by atoms with E-state index in [1.54, 1.807) is 17.0 Å². The number of amides is 2. The van der Waals surface area contributed by atoms with Crippen molar-refractivity contribution in [3.05, 3.63) is 53.9 Å². The van der Waals surface area contributed by atoms with Gasteiger partial charge in [0.25, 0.3) is 5.91 Å². The van der Waals surface area contributed by atoms with Gasteiger partial charge in [-0.1, -0.05) is 25.1 Å². The number of benzene rings is 1. The van der Waals surface area contributed by atoms with Gasteiger partial charge in [-0.3, -0.25) is 14.5 Å². The quantitative estimate of drug-likeness (QED) is 0.549. The van der Waals surface area contributed by atoms with Gasteiger partial charge in [0.15, 0.2) is 0 Å². The van der Waals surface area contributed by atoms with Crippen molar-refractivity contribution < 1.29 is 19.1 Å². The number of aryl methyl sites for hydroxylation is 1. The van der Waals surface area contributed by atoms with E-state index in [1.165, 1.54) is 0 Å². The number of hydrogen-bond donors (Lipinski definition) is 0. The van der Waals surface area contributed by atoms with Crippen LogP contribution in [0.25, 0.3) is 0 Å². The largest absolute Gasteiger partial charge is 0.496 e. The molecule has 1 fully saturated rings. The van der Waals surface area contributed by atoms with Crippen LogP contribution in [0, 0.1) is 0 Å². The molecular weight excluding hydrogens is 446 g/mol. The molecule has 2 aromatic rings. The fourth-order valence-electron chi connectivity index (χ4n) is 4.68. The molecule has 2 aliphatic heterocycles. The number of aromatic nitrogens is 1. The summed E-state index contributed by atoms with van der Waals surface area (Å²) in [4.78, 5) is 30.3. The maximum absolute atomic E-state index is 13.7. The Balaban J connectivity index is 1.56. The van der Waals surface area contributed by atoms with Crippen LogP contribution in [0.4, 0.5) is 0 Å². The number of hydrogen-bond acceptors (Lipinski definition) is 6. The Labute approximate surface area is 206 Å². The summed E-state index contributed by atoms with van der Waals surface area (Å²) >= 11 is 0. The van der Waals surface area contributed by atoms with Crippen LogP contribution in [0.2, 0.25) is 0 Å². The molecule has 9 nitrogen and oxygen atoms in total. The van der Waals surface area contributed by atoms with Crippen LogP contribution in [0.3, 0.4) is 0 Å². The topological polar surface area (TPSA) is 79.6 Å². The van der Waals surface area contributed by atoms with Crippen molar-refractivity contribution in [3.63, 3.8) is 0 Å². The van der Waals surface area contributed by atoms with Gasteiger partial charge in [0.2, 0.25) is 5.91 Å². The van der Waals surface area contributed by atoms with E-state index in [9.17, 15) is 9.59 Å². The summed E-state index contributed by atoms with van der Waals surface area (Å²) in [5.41, 5.74) is 2.70. The van der Waals surface area contributed by atoms with Crippen molar-refractivity contribution in [2.45, 2.75) is 25.8 Å². The fourth-order valence-corrected chi connectivity index (χ4v) is 4.68. The van der Waals surface area contributed by atoms with E-state index in [1.807, 2.05) is 61.1 Å². The molecule has 0 saturated carbocycles. The Kier molecular flexibility index (Phi) is 8.20. The number of carbonyl (C=O) groups is 2. The van der Waals surface area contributed by atoms with Gasteiger partial charge in [-0.25, -0.2) is 5.01 Å². The second-order valence-electron chi connectivity index (χ2n) is 8.87. The summed E-state index contributed by atoms with van der Waals surface area (Å²) in [6.45, 7) is 6.12. The van der Waals surface area contributed by atoms with Crippen LogP contribution in [-0.2, 0) is 21.4 Å². The fraction of sp³-hybridized carbons (Fsp3) is 0.500. The molecule has 1 aromatic carbocycles. The average Bonchev–Trinajstić information content (AvgIpc) is 3.52. The van der Waals surface area contributed by atoms with Gasteiger partial charge >= 0.3 is 0 Å². The first-order valence-electron chi connectivity index (χ1n) is 12.2. The maximum Gasteiger partial charge on any atom is 0.262 e. The molecule has 0 spiro atoms. The van der Waals surface area contributed by atoms with E-state index < -0.39 is 0 Å². The average molecular weight is 482 g/mol. The summed E-state index contributed by atoms with van der Waals surface area (Å²) in [5, 5.41) is 6.32. The number of morpholine rings is 1. The van der Waals surface area contributed by atoms with Crippen LogP contribution < -0.4 is 4.74 Å². The molecule has 1 aromatic heterocycles. The van der Waals surface area contributed by atoms with Crippen LogP contribution in [0.1, 0.15) is 37.1 Å². The number of carbonyl (C=O) groups excluding carboxylic acids is 2. The van der Waals surface area contributed by atoms with Crippen molar-refractivity contribution in [2.75, 3.05) is 53.0 Å². The van der Waals surface area contributed by atoms with Crippen LogP contribution in [0.5, 0.6) is 5.75 Å². The third-order valence-corrected chi connectivity index (χ3v) is 6.67. The Morgan fingerprint density at radius 3 is 2.63 bits per heavy atom. The van der Waals surface area contributed by atoms with Crippen LogP contribution in [0.15, 0.2) is 47.7 Å². The highest BCUT2D eigenvalue weighted by Crippen LogP contribution is 2.37. The number of rotatable bonds is 9. The second kappa shape index (κ2) is 11.5. The van der Waals surface area contributed by atoms with Gasteiger partial charge in [-0.2, -0.15) is 5.10 Å². The van der Waals surface area contributed by atoms with Crippen molar-refractivity contribution >= 4 is 17.5 Å². The number of para-hydroxylation sites is 1. The van der Waals surface area contributed by atoms with Gasteiger partial charge in [-0.05, 0) is 18.2 Å². The lowest BCUT2D eigenvalue weighted by Gasteiger charge is -2.31. The van der Waals surface area contributed by atoms with Gasteiger partial charge < -0.3 is 18.9 Å². The van der Waals surface area contributed by atoms with E-state index in [4.69, 9.17) is 14.6 Å². The normalized spacial score (nSPS) is 18.4. The predicted octanol–water partition coefficient (Wildman–Crippen LogP) is 2.28. The third kappa shape index (κ3) is 5.74. The lowest BCUT2D eigenvalue weighted by molar-refractivity contribution is -0.141. The van der Waals surface area contributed by atoms with Crippen molar-refractivity contribution in [1.29, 1.82) is 0 Å². The molecule has 1 saturated heterocycles. The molecule has 0 radical (unpaired) electrons. The molecule has 9 heteroatoms. The molecule has 1 atom stereocenters. The highest BCUT2D eigenvalue weighted by molar-refractivity contribution is 6.02. The SMILES string of the molecule is CCC(=O)N(CCN1CCOCC1)CC(=O)N1N=C(c2cccn2C)CC1c1ccccc1OC. The molecular formula is C26H35N5O4. The van der Waals surface area contributed by atoms with E-state index in [0.717, 1.165) is 36.6 Å². The Bertz CT molecular complexity index is 1060. The summed E-state index contributed by atoms with van der Waals surface area (Å²) in [5.74, 6) is 0.479.